The molecule has 3 heterocycles. The van der Waals surface area contributed by atoms with Gasteiger partial charge in [0.05, 0.1) is 28.5 Å². The fourth-order valence-electron chi connectivity index (χ4n) is 3.17. The van der Waals surface area contributed by atoms with E-state index in [9.17, 15) is 14.9 Å². The van der Waals surface area contributed by atoms with E-state index >= 15 is 0 Å². The van der Waals surface area contributed by atoms with E-state index in [4.69, 9.17) is 11.6 Å². The van der Waals surface area contributed by atoms with Gasteiger partial charge in [0.2, 0.25) is 0 Å². The van der Waals surface area contributed by atoms with Crippen molar-refractivity contribution in [2.24, 2.45) is 11.6 Å². The molecule has 8 nitrogen and oxygen atoms in total. The van der Waals surface area contributed by atoms with E-state index in [2.05, 4.69) is 21.9 Å². The van der Waals surface area contributed by atoms with Crippen molar-refractivity contribution in [3.8, 4) is 12.1 Å². The van der Waals surface area contributed by atoms with Crippen molar-refractivity contribution < 1.29 is 4.39 Å². The molecule has 164 valence electrons. The Kier molecular flexibility index (Phi) is 8.06. The third-order valence-corrected chi connectivity index (χ3v) is 5.87. The molecule has 10 heteroatoms. The summed E-state index contributed by atoms with van der Waals surface area (Å²) in [7, 11) is 0. The molecule has 0 spiro atoms. The minimum Gasteiger partial charge on any atom is -0.397 e. The number of nitrogens with two attached hydrogens (primary N) is 2. The highest BCUT2D eigenvalue weighted by molar-refractivity contribution is 7.99. The summed E-state index contributed by atoms with van der Waals surface area (Å²) in [5.74, 6) is 4.78. The summed E-state index contributed by atoms with van der Waals surface area (Å²) < 4.78 is 14.9. The SMILES string of the molecule is C1CCNCC1.N#Cc1cc(F)ccc1Sc1cc(/C(N)=C/NN)cn2ncc(C#N)c12. The Morgan fingerprint density at radius 3 is 2.50 bits per heavy atom. The van der Waals surface area contributed by atoms with Gasteiger partial charge in [-0.25, -0.2) is 8.91 Å². The van der Waals surface area contributed by atoms with E-state index in [1.54, 1.807) is 12.3 Å². The first-order chi connectivity index (χ1) is 15.6. The number of aromatic nitrogens is 2. The summed E-state index contributed by atoms with van der Waals surface area (Å²) in [4.78, 5) is 1.20. The van der Waals surface area contributed by atoms with Crippen LogP contribution in [0.25, 0.3) is 11.2 Å². The Hall–Kier alpha value is -3.57. The van der Waals surface area contributed by atoms with Gasteiger partial charge in [-0.1, -0.05) is 18.2 Å². The summed E-state index contributed by atoms with van der Waals surface area (Å²) in [6.45, 7) is 2.50. The maximum Gasteiger partial charge on any atom is 0.124 e. The molecule has 32 heavy (non-hydrogen) atoms. The number of nitrogens with one attached hydrogen (secondary N) is 2. The number of benzene rings is 1. The molecule has 0 aliphatic carbocycles. The van der Waals surface area contributed by atoms with Crippen LogP contribution in [-0.4, -0.2) is 22.7 Å². The van der Waals surface area contributed by atoms with Gasteiger partial charge in [-0.3, -0.25) is 5.84 Å². The van der Waals surface area contributed by atoms with E-state index in [-0.39, 0.29) is 5.56 Å². The number of halogens is 1. The third-order valence-electron chi connectivity index (χ3n) is 4.76. The fourth-order valence-corrected chi connectivity index (χ4v) is 4.25. The lowest BCUT2D eigenvalue weighted by Crippen LogP contribution is -2.21. The second kappa shape index (κ2) is 11.2. The molecular formula is C22H23FN8S. The van der Waals surface area contributed by atoms with Gasteiger partial charge in [-0.2, -0.15) is 15.6 Å². The lowest BCUT2D eigenvalue weighted by atomic mass is 10.2. The van der Waals surface area contributed by atoms with Gasteiger partial charge >= 0.3 is 0 Å². The van der Waals surface area contributed by atoms with Crippen LogP contribution in [0.3, 0.4) is 0 Å². The molecule has 0 amide bonds. The highest BCUT2D eigenvalue weighted by Crippen LogP contribution is 2.36. The summed E-state index contributed by atoms with van der Waals surface area (Å²) in [5.41, 5.74) is 10.5. The first kappa shape index (κ1) is 23.1. The summed E-state index contributed by atoms with van der Waals surface area (Å²) >= 11 is 1.23. The molecule has 2 aromatic heterocycles. The van der Waals surface area contributed by atoms with Gasteiger partial charge in [0.15, 0.2) is 0 Å². The Morgan fingerprint density at radius 2 is 1.91 bits per heavy atom. The number of piperidine rings is 1. The van der Waals surface area contributed by atoms with Gasteiger partial charge in [-0.05, 0) is 50.2 Å². The summed E-state index contributed by atoms with van der Waals surface area (Å²) in [5, 5.41) is 26.1. The second-order valence-corrected chi connectivity index (χ2v) is 8.07. The van der Waals surface area contributed by atoms with Gasteiger partial charge in [-0.15, -0.1) is 0 Å². The highest BCUT2D eigenvalue weighted by Gasteiger charge is 2.15. The molecule has 0 unspecified atom stereocenters. The first-order valence-corrected chi connectivity index (χ1v) is 10.8. The predicted molar refractivity (Wildman–Crippen MR) is 121 cm³/mol. The smallest absolute Gasteiger partial charge is 0.124 e. The van der Waals surface area contributed by atoms with Crippen molar-refractivity contribution in [1.29, 1.82) is 10.5 Å². The Labute approximate surface area is 189 Å². The van der Waals surface area contributed by atoms with Crippen LogP contribution in [-0.2, 0) is 0 Å². The standard InChI is InChI=1S/C17H12FN7S.C5H11N/c18-13-1-2-15(10(3-13)5-19)26-16-4-11(14(21)8-23-22)9-25-17(16)12(6-20)7-24-25;1-2-4-6-5-3-1/h1-4,7-9,23H,21-22H2;6H,1-5H2/b14-8-;. The number of pyridine rings is 1. The number of fused-ring (bicyclic) bond motifs is 1. The van der Waals surface area contributed by atoms with Gasteiger partial charge < -0.3 is 16.5 Å². The number of hydrogen-bond donors (Lipinski definition) is 4. The normalized spacial score (nSPS) is 13.6. The quantitative estimate of drug-likeness (QED) is 0.351. The van der Waals surface area contributed by atoms with Crippen molar-refractivity contribution in [3.63, 3.8) is 0 Å². The van der Waals surface area contributed by atoms with Crippen molar-refractivity contribution in [3.05, 3.63) is 65.4 Å². The molecule has 1 saturated heterocycles. The molecule has 3 aromatic rings. The Bertz CT molecular complexity index is 1190. The summed E-state index contributed by atoms with van der Waals surface area (Å²) in [6.07, 6.45) is 8.75. The van der Waals surface area contributed by atoms with Crippen LogP contribution in [0.5, 0.6) is 0 Å². The lowest BCUT2D eigenvalue weighted by Gasteiger charge is -2.10. The number of nitrogens with zero attached hydrogens (tertiary/aromatic N) is 4. The lowest BCUT2D eigenvalue weighted by molar-refractivity contribution is 0.520. The maximum atomic E-state index is 13.4. The van der Waals surface area contributed by atoms with Crippen LogP contribution in [0, 0.1) is 28.5 Å². The fraction of sp³-hybridized carbons (Fsp3) is 0.227. The highest BCUT2D eigenvalue weighted by atomic mass is 32.2. The second-order valence-electron chi connectivity index (χ2n) is 6.99. The largest absolute Gasteiger partial charge is 0.397 e. The first-order valence-electron chi connectivity index (χ1n) is 9.99. The zero-order chi connectivity index (χ0) is 22.9. The predicted octanol–water partition coefficient (Wildman–Crippen LogP) is 2.85. The van der Waals surface area contributed by atoms with E-state index < -0.39 is 5.82 Å². The molecule has 1 aliphatic heterocycles. The maximum absolute atomic E-state index is 13.4. The molecular weight excluding hydrogens is 427 g/mol. The molecule has 1 aliphatic rings. The minimum absolute atomic E-state index is 0.198. The number of nitriles is 2. The van der Waals surface area contributed by atoms with Crippen LogP contribution in [0.1, 0.15) is 36.0 Å². The number of rotatable bonds is 4. The molecule has 0 atom stereocenters. The molecule has 1 aromatic carbocycles. The summed E-state index contributed by atoms with van der Waals surface area (Å²) in [6, 6.07) is 9.78. The number of hydrogen-bond acceptors (Lipinski definition) is 8. The molecule has 4 rings (SSSR count). The van der Waals surface area contributed by atoms with E-state index in [0.717, 1.165) is 6.07 Å². The molecule has 0 saturated carbocycles. The van der Waals surface area contributed by atoms with E-state index in [0.29, 0.717) is 32.1 Å². The van der Waals surface area contributed by atoms with Crippen LogP contribution < -0.4 is 22.3 Å². The van der Waals surface area contributed by atoms with Crippen molar-refractivity contribution >= 4 is 23.0 Å². The minimum atomic E-state index is -0.493. The van der Waals surface area contributed by atoms with Gasteiger partial charge in [0.1, 0.15) is 18.0 Å². The Balaban J connectivity index is 0.000000416. The average molecular weight is 451 g/mol. The topological polar surface area (TPSA) is 141 Å². The van der Waals surface area contributed by atoms with Crippen LogP contribution >= 0.6 is 11.8 Å². The average Bonchev–Trinajstić information content (AvgIpc) is 3.25. The number of hydrazine groups is 1. The molecule has 1 fully saturated rings. The van der Waals surface area contributed by atoms with Crippen molar-refractivity contribution in [2.45, 2.75) is 29.1 Å². The Morgan fingerprint density at radius 1 is 1.16 bits per heavy atom. The van der Waals surface area contributed by atoms with Crippen LogP contribution in [0.2, 0.25) is 0 Å². The van der Waals surface area contributed by atoms with E-state index in [1.165, 1.54) is 73.2 Å². The van der Waals surface area contributed by atoms with E-state index in [1.807, 2.05) is 6.07 Å². The van der Waals surface area contributed by atoms with Gasteiger partial charge in [0.25, 0.3) is 0 Å². The third kappa shape index (κ3) is 5.56. The zero-order valence-corrected chi connectivity index (χ0v) is 18.1. The zero-order valence-electron chi connectivity index (χ0n) is 17.3. The van der Waals surface area contributed by atoms with Crippen LogP contribution in [0.15, 0.2) is 52.7 Å². The molecule has 0 radical (unpaired) electrons. The molecule has 6 N–H and O–H groups in total. The monoisotopic (exact) mass is 450 g/mol. The molecule has 0 bridgehead atoms. The van der Waals surface area contributed by atoms with Crippen molar-refractivity contribution in [1.82, 2.24) is 20.4 Å². The van der Waals surface area contributed by atoms with Crippen molar-refractivity contribution in [2.75, 3.05) is 13.1 Å². The van der Waals surface area contributed by atoms with Gasteiger partial charge in [0, 0.05) is 27.8 Å². The van der Waals surface area contributed by atoms with Crippen LogP contribution in [0.4, 0.5) is 4.39 Å².